The summed E-state index contributed by atoms with van der Waals surface area (Å²) in [6.07, 6.45) is 12.2. The van der Waals surface area contributed by atoms with E-state index in [4.69, 9.17) is 0 Å². The van der Waals surface area contributed by atoms with Crippen LogP contribution in [-0.2, 0) is 4.79 Å². The minimum absolute atomic E-state index is 0.0126. The molecule has 0 heterocycles. The van der Waals surface area contributed by atoms with Crippen LogP contribution in [-0.4, -0.2) is 22.3 Å². The average molecular weight is 469 g/mol. The predicted octanol–water partition coefficient (Wildman–Crippen LogP) is 7.57. The molecule has 4 aliphatic carbocycles. The van der Waals surface area contributed by atoms with Gasteiger partial charge in [-0.2, -0.15) is 0 Å². The lowest BCUT2D eigenvalue weighted by Crippen LogP contribution is -2.54. The van der Waals surface area contributed by atoms with E-state index in [1.807, 2.05) is 0 Å². The van der Waals surface area contributed by atoms with Gasteiger partial charge in [0, 0.05) is 0 Å². The quantitative estimate of drug-likeness (QED) is 0.395. The molecule has 0 aliphatic heterocycles. The molecular weight excluding hydrogens is 420 g/mol. The third kappa shape index (κ3) is 3.51. The lowest BCUT2D eigenvalue weighted by Gasteiger charge is -2.61. The highest BCUT2D eigenvalue weighted by atomic mass is 16.4. The number of hydrogen-bond donors (Lipinski definition) is 2. The first-order chi connectivity index (χ1) is 15.7. The second kappa shape index (κ2) is 8.36. The van der Waals surface area contributed by atoms with E-state index in [0.29, 0.717) is 18.3 Å². The topological polar surface area (TPSA) is 57.5 Å². The van der Waals surface area contributed by atoms with E-state index in [0.717, 1.165) is 44.9 Å². The van der Waals surface area contributed by atoms with Gasteiger partial charge in [-0.05, 0) is 102 Å². The van der Waals surface area contributed by atoms with Crippen molar-refractivity contribution in [2.45, 2.75) is 106 Å². The highest BCUT2D eigenvalue weighted by Crippen LogP contribution is 2.71. The Morgan fingerprint density at radius 1 is 1.09 bits per heavy atom. The fourth-order valence-electron chi connectivity index (χ4n) is 8.80. The van der Waals surface area contributed by atoms with Crippen LogP contribution in [0.15, 0.2) is 35.5 Å². The maximum absolute atomic E-state index is 12.5. The van der Waals surface area contributed by atoms with Crippen molar-refractivity contribution in [2.75, 3.05) is 0 Å². The highest BCUT2D eigenvalue weighted by molar-refractivity contribution is 5.71. The van der Waals surface area contributed by atoms with Gasteiger partial charge in [0.1, 0.15) is 0 Å². The SMILES string of the molecule is C=C(CCC(C(=O)O)[C@H]1CC[C@@]2(C)C3=CC[C@H]4C(C)(C)[C@@H](O)CC[C@]4(C)C3=CC[C@]12C)C(C)C. The molecule has 0 aromatic carbocycles. The van der Waals surface area contributed by atoms with Crippen molar-refractivity contribution >= 4 is 5.97 Å². The van der Waals surface area contributed by atoms with Crippen LogP contribution in [0.4, 0.5) is 0 Å². The molecule has 3 heteroatoms. The largest absolute Gasteiger partial charge is 0.481 e. The molecule has 7 atom stereocenters. The predicted molar refractivity (Wildman–Crippen MR) is 139 cm³/mol. The number of aliphatic hydroxyl groups is 1. The Bertz CT molecular complexity index is 923. The zero-order valence-corrected chi connectivity index (χ0v) is 22.7. The van der Waals surface area contributed by atoms with E-state index in [9.17, 15) is 15.0 Å². The Hall–Kier alpha value is -1.35. The number of carboxylic acid groups (broad SMARTS) is 1. The zero-order valence-electron chi connectivity index (χ0n) is 22.7. The fraction of sp³-hybridized carbons (Fsp3) is 0.774. The molecule has 0 bridgehead atoms. The van der Waals surface area contributed by atoms with Crippen LogP contribution in [0.5, 0.6) is 0 Å². The van der Waals surface area contributed by atoms with Crippen molar-refractivity contribution in [1.82, 2.24) is 0 Å². The minimum Gasteiger partial charge on any atom is -0.481 e. The van der Waals surface area contributed by atoms with Crippen LogP contribution >= 0.6 is 0 Å². The summed E-state index contributed by atoms with van der Waals surface area (Å²) < 4.78 is 0. The summed E-state index contributed by atoms with van der Waals surface area (Å²) in [6.45, 7) is 20.3. The first-order valence-corrected chi connectivity index (χ1v) is 13.7. The molecule has 1 unspecified atom stereocenters. The maximum atomic E-state index is 12.5. The lowest BCUT2D eigenvalue weighted by atomic mass is 9.44. The summed E-state index contributed by atoms with van der Waals surface area (Å²) in [4.78, 5) is 12.5. The lowest BCUT2D eigenvalue weighted by molar-refractivity contribution is -0.146. The first-order valence-electron chi connectivity index (χ1n) is 13.7. The zero-order chi connectivity index (χ0) is 25.3. The summed E-state index contributed by atoms with van der Waals surface area (Å²) in [5.74, 6) is 0.0861. The van der Waals surface area contributed by atoms with Gasteiger partial charge >= 0.3 is 5.97 Å². The van der Waals surface area contributed by atoms with Gasteiger partial charge in [-0.15, -0.1) is 0 Å². The molecule has 2 fully saturated rings. The number of carboxylic acids is 1. The fourth-order valence-corrected chi connectivity index (χ4v) is 8.80. The van der Waals surface area contributed by atoms with Gasteiger partial charge in [-0.25, -0.2) is 0 Å². The van der Waals surface area contributed by atoms with E-state index < -0.39 is 5.97 Å². The Morgan fingerprint density at radius 2 is 1.76 bits per heavy atom. The number of carbonyl (C=O) groups is 1. The summed E-state index contributed by atoms with van der Waals surface area (Å²) in [5.41, 5.74) is 4.16. The average Bonchev–Trinajstić information content (AvgIpc) is 3.02. The molecule has 2 N–H and O–H groups in total. The third-order valence-corrected chi connectivity index (χ3v) is 11.7. The molecule has 3 nitrogen and oxygen atoms in total. The second-order valence-electron chi connectivity index (χ2n) is 13.7. The van der Waals surface area contributed by atoms with Crippen molar-refractivity contribution in [1.29, 1.82) is 0 Å². The van der Waals surface area contributed by atoms with E-state index in [-0.39, 0.29) is 39.6 Å². The smallest absolute Gasteiger partial charge is 0.306 e. The molecule has 0 saturated heterocycles. The highest BCUT2D eigenvalue weighted by Gasteiger charge is 2.63. The summed E-state index contributed by atoms with van der Waals surface area (Å²) in [5, 5.41) is 21.1. The second-order valence-corrected chi connectivity index (χ2v) is 13.7. The third-order valence-electron chi connectivity index (χ3n) is 11.7. The van der Waals surface area contributed by atoms with Crippen LogP contribution < -0.4 is 0 Å². The number of rotatable bonds is 6. The van der Waals surface area contributed by atoms with Crippen LogP contribution in [0.2, 0.25) is 0 Å². The van der Waals surface area contributed by atoms with E-state index >= 15 is 0 Å². The van der Waals surface area contributed by atoms with E-state index in [2.05, 4.69) is 67.2 Å². The molecule has 0 amide bonds. The number of allylic oxidation sites excluding steroid dienone is 5. The Kier molecular flexibility index (Phi) is 6.32. The van der Waals surface area contributed by atoms with Gasteiger partial charge in [0.15, 0.2) is 0 Å². The molecule has 0 spiro atoms. The Balaban J connectivity index is 1.68. The summed E-state index contributed by atoms with van der Waals surface area (Å²) in [6, 6.07) is 0. The Morgan fingerprint density at radius 3 is 2.38 bits per heavy atom. The van der Waals surface area contributed by atoms with Gasteiger partial charge in [-0.3, -0.25) is 4.79 Å². The van der Waals surface area contributed by atoms with Crippen molar-refractivity contribution in [3.63, 3.8) is 0 Å². The van der Waals surface area contributed by atoms with Crippen molar-refractivity contribution in [3.8, 4) is 0 Å². The molecule has 0 aromatic heterocycles. The number of fused-ring (bicyclic) bond motifs is 5. The van der Waals surface area contributed by atoms with Crippen LogP contribution in [0.3, 0.4) is 0 Å². The standard InChI is InChI=1S/C31H48O3/c1-19(2)20(3)9-10-21(27(33)34)22-13-17-31(8)24-11-12-25-28(4,5)26(32)15-16-29(25,6)23(24)14-18-30(22,31)7/h11,14,19,21-22,25-26,32H,3,9-10,12-13,15-18H2,1-2,4-8H3,(H,33,34)/t21?,22-,25+,26+,29-,30-,31+/m1/s1. The van der Waals surface area contributed by atoms with E-state index in [1.165, 1.54) is 16.7 Å². The Labute approximate surface area is 207 Å². The monoisotopic (exact) mass is 468 g/mol. The maximum Gasteiger partial charge on any atom is 0.306 e. The summed E-state index contributed by atoms with van der Waals surface area (Å²) >= 11 is 0. The van der Waals surface area contributed by atoms with Crippen molar-refractivity contribution in [3.05, 3.63) is 35.5 Å². The molecule has 4 aliphatic rings. The summed E-state index contributed by atoms with van der Waals surface area (Å²) in [7, 11) is 0. The van der Waals surface area contributed by atoms with Gasteiger partial charge in [-0.1, -0.05) is 72.8 Å². The van der Waals surface area contributed by atoms with Gasteiger partial charge in [0.05, 0.1) is 12.0 Å². The van der Waals surface area contributed by atoms with Crippen LogP contribution in [0.25, 0.3) is 0 Å². The van der Waals surface area contributed by atoms with Crippen molar-refractivity contribution in [2.24, 2.45) is 45.3 Å². The van der Waals surface area contributed by atoms with Crippen LogP contribution in [0, 0.1) is 45.3 Å². The molecule has 190 valence electrons. The van der Waals surface area contributed by atoms with Gasteiger partial charge < -0.3 is 10.2 Å². The number of hydrogen-bond acceptors (Lipinski definition) is 2. The van der Waals surface area contributed by atoms with Gasteiger partial charge in [0.25, 0.3) is 0 Å². The molecular formula is C31H48O3. The van der Waals surface area contributed by atoms with Crippen molar-refractivity contribution < 1.29 is 15.0 Å². The normalized spacial score (nSPS) is 41.6. The number of aliphatic carboxylic acids is 1. The molecule has 0 radical (unpaired) electrons. The first kappa shape index (κ1) is 25.7. The molecule has 2 saturated carbocycles. The van der Waals surface area contributed by atoms with Gasteiger partial charge in [0.2, 0.25) is 0 Å². The molecule has 34 heavy (non-hydrogen) atoms. The van der Waals surface area contributed by atoms with E-state index in [1.54, 1.807) is 0 Å². The number of aliphatic hydroxyl groups excluding tert-OH is 1. The minimum atomic E-state index is -0.630. The van der Waals surface area contributed by atoms with Crippen LogP contribution in [0.1, 0.15) is 99.8 Å². The molecule has 4 rings (SSSR count). The molecule has 0 aromatic rings.